The van der Waals surface area contributed by atoms with Crippen molar-refractivity contribution in [2.75, 3.05) is 51.6 Å². The fourth-order valence-corrected chi connectivity index (χ4v) is 5.11. The summed E-state index contributed by atoms with van der Waals surface area (Å²) >= 11 is 0. The van der Waals surface area contributed by atoms with Crippen LogP contribution in [0.2, 0.25) is 0 Å². The van der Waals surface area contributed by atoms with Gasteiger partial charge in [0.1, 0.15) is 0 Å². The summed E-state index contributed by atoms with van der Waals surface area (Å²) in [6.45, 7) is 31.2. The molecule has 1 fully saturated rings. The number of rotatable bonds is 23. The van der Waals surface area contributed by atoms with Gasteiger partial charge in [0.15, 0.2) is 0 Å². The predicted molar refractivity (Wildman–Crippen MR) is 235 cm³/mol. The number of unbranched alkanes of at least 4 members (excludes halogenated alkanes) is 18. The van der Waals surface area contributed by atoms with Gasteiger partial charge in [0.25, 0.3) is 10.1 Å². The molecule has 0 spiro atoms. The van der Waals surface area contributed by atoms with E-state index in [0.717, 1.165) is 26.2 Å². The van der Waals surface area contributed by atoms with Gasteiger partial charge in [-0.2, -0.15) is 8.42 Å². The van der Waals surface area contributed by atoms with Crippen molar-refractivity contribution in [1.82, 2.24) is 9.80 Å². The van der Waals surface area contributed by atoms with Crippen LogP contribution in [0, 0.1) is 0 Å². The van der Waals surface area contributed by atoms with E-state index < -0.39 is 10.1 Å². The molecule has 0 saturated carbocycles. The molecule has 318 valence electrons. The lowest BCUT2D eigenvalue weighted by molar-refractivity contribution is 0.116. The van der Waals surface area contributed by atoms with Gasteiger partial charge in [-0.05, 0) is 0 Å². The van der Waals surface area contributed by atoms with Crippen LogP contribution in [0.15, 0.2) is 0 Å². The van der Waals surface area contributed by atoms with Crippen LogP contribution >= 0.6 is 0 Å². The third-order valence-electron chi connectivity index (χ3n) is 8.29. The van der Waals surface area contributed by atoms with E-state index in [1.54, 1.807) is 0 Å². The van der Waals surface area contributed by atoms with Crippen molar-refractivity contribution in [2.45, 2.75) is 237 Å². The summed E-state index contributed by atoms with van der Waals surface area (Å²) in [5.74, 6) is -0.201. The Bertz CT molecular complexity index is 526. The minimum Gasteiger partial charge on any atom is -0.395 e. The fourth-order valence-electron chi connectivity index (χ4n) is 4.62. The Morgan fingerprint density at radius 1 is 0.373 bits per heavy atom. The lowest BCUT2D eigenvalue weighted by atomic mass is 10.2. The highest BCUT2D eigenvalue weighted by atomic mass is 32.2. The standard InChI is InChI=1S/C8H18N2O4S.6C6H14/c11-7-5-9-1-3-10(4-2-9)6-8-15(12,13)14;6*1-3-5-6-4-2/h11H,1-8H2,(H,12,13,14);6*3-6H2,1-2H3. The van der Waals surface area contributed by atoms with Crippen molar-refractivity contribution in [1.29, 1.82) is 0 Å². The molecule has 1 heterocycles. The average molecular weight is 755 g/mol. The largest absolute Gasteiger partial charge is 0.395 e. The third-order valence-corrected chi connectivity index (χ3v) is 8.99. The number of hydrogen-bond donors (Lipinski definition) is 2. The van der Waals surface area contributed by atoms with Gasteiger partial charge in [-0.3, -0.25) is 14.4 Å². The van der Waals surface area contributed by atoms with Gasteiger partial charge < -0.3 is 5.11 Å². The monoisotopic (exact) mass is 755 g/mol. The number of aliphatic hydroxyl groups is 1. The highest BCUT2D eigenvalue weighted by Gasteiger charge is 2.17. The first-order chi connectivity index (χ1) is 24.5. The highest BCUT2D eigenvalue weighted by Crippen LogP contribution is 2.02. The Labute approximate surface area is 325 Å². The molecule has 0 aromatic rings. The second-order valence-electron chi connectivity index (χ2n) is 13.9. The summed E-state index contributed by atoms with van der Waals surface area (Å²) in [6, 6.07) is 0. The number of hydrogen-bond acceptors (Lipinski definition) is 5. The summed E-state index contributed by atoms with van der Waals surface area (Å²) in [7, 11) is -3.84. The van der Waals surface area contributed by atoms with Crippen LogP contribution in [0.3, 0.4) is 0 Å². The van der Waals surface area contributed by atoms with E-state index in [4.69, 9.17) is 9.66 Å². The molecule has 0 aliphatic carbocycles. The van der Waals surface area contributed by atoms with Crippen LogP contribution in [0.4, 0.5) is 0 Å². The normalized spacial score (nSPS) is 12.4. The maximum absolute atomic E-state index is 10.5. The minimum absolute atomic E-state index is 0.158. The van der Waals surface area contributed by atoms with Crippen molar-refractivity contribution in [3.05, 3.63) is 0 Å². The zero-order chi connectivity index (χ0) is 40.3. The van der Waals surface area contributed by atoms with E-state index >= 15 is 0 Å². The summed E-state index contributed by atoms with van der Waals surface area (Å²) in [5, 5.41) is 8.73. The lowest BCUT2D eigenvalue weighted by Gasteiger charge is -2.33. The summed E-state index contributed by atoms with van der Waals surface area (Å²) < 4.78 is 29.6. The molecule has 0 unspecified atom stereocenters. The summed E-state index contributed by atoms with van der Waals surface area (Å²) in [5.41, 5.74) is 0. The minimum atomic E-state index is -3.84. The highest BCUT2D eigenvalue weighted by molar-refractivity contribution is 7.85. The molecule has 0 atom stereocenters. The molecule has 0 amide bonds. The Hall–Kier alpha value is -0.210. The van der Waals surface area contributed by atoms with Crippen LogP contribution in [-0.2, 0) is 10.1 Å². The van der Waals surface area contributed by atoms with Crippen LogP contribution in [0.1, 0.15) is 237 Å². The second-order valence-corrected chi connectivity index (χ2v) is 15.5. The van der Waals surface area contributed by atoms with Crippen molar-refractivity contribution in [3.63, 3.8) is 0 Å². The first-order valence-electron chi connectivity index (χ1n) is 22.5. The van der Waals surface area contributed by atoms with Crippen molar-refractivity contribution < 1.29 is 18.1 Å². The lowest BCUT2D eigenvalue weighted by Crippen LogP contribution is -2.48. The molecule has 1 saturated heterocycles. The number of β-amino-alcohol motifs (C(OH)–C–C–N with tert-alkyl or cyclic N) is 1. The van der Waals surface area contributed by atoms with Gasteiger partial charge in [-0.1, -0.05) is 237 Å². The topological polar surface area (TPSA) is 81.1 Å². The molecule has 7 heteroatoms. The Balaban J connectivity index is -0.000000122. The summed E-state index contributed by atoms with van der Waals surface area (Å²) in [4.78, 5) is 4.13. The molecular weight excluding hydrogens is 653 g/mol. The van der Waals surface area contributed by atoms with E-state index in [2.05, 4.69) is 88.0 Å². The Kier molecular flexibility index (Phi) is 76.1. The SMILES string of the molecule is CCCCCC.CCCCCC.CCCCCC.CCCCCC.CCCCCC.CCCCCC.O=S(=O)(O)CCN1CCN(CCO)CC1. The van der Waals surface area contributed by atoms with Crippen molar-refractivity contribution >= 4 is 10.1 Å². The summed E-state index contributed by atoms with van der Waals surface area (Å²) in [6.07, 6.45) is 33.2. The molecule has 0 aromatic heterocycles. The van der Waals surface area contributed by atoms with Gasteiger partial charge in [0.05, 0.1) is 12.4 Å². The van der Waals surface area contributed by atoms with Gasteiger partial charge in [-0.25, -0.2) is 0 Å². The predicted octanol–water partition coefficient (Wildman–Crippen LogP) is 14.0. The van der Waals surface area contributed by atoms with Crippen molar-refractivity contribution in [2.24, 2.45) is 0 Å². The van der Waals surface area contributed by atoms with E-state index in [0.29, 0.717) is 13.1 Å². The molecule has 0 radical (unpaired) electrons. The van der Waals surface area contributed by atoms with Crippen LogP contribution in [0.25, 0.3) is 0 Å². The number of piperazine rings is 1. The first-order valence-corrected chi connectivity index (χ1v) is 24.1. The smallest absolute Gasteiger partial charge is 0.266 e. The average Bonchev–Trinajstić information content (AvgIpc) is 3.14. The fraction of sp³-hybridized carbons (Fsp3) is 1.00. The Morgan fingerprint density at radius 2 is 0.549 bits per heavy atom. The number of aliphatic hydroxyl groups excluding tert-OH is 1. The molecule has 2 N–H and O–H groups in total. The molecule has 1 aliphatic heterocycles. The molecule has 0 bridgehead atoms. The first kappa shape index (κ1) is 62.8. The van der Waals surface area contributed by atoms with Gasteiger partial charge in [-0.15, -0.1) is 0 Å². The second kappa shape index (κ2) is 61.8. The third kappa shape index (κ3) is 84.0. The van der Waals surface area contributed by atoms with Gasteiger partial charge >= 0.3 is 0 Å². The zero-order valence-corrected chi connectivity index (χ0v) is 38.5. The van der Waals surface area contributed by atoms with E-state index in [-0.39, 0.29) is 12.4 Å². The maximum Gasteiger partial charge on any atom is 0.266 e. The maximum atomic E-state index is 10.5. The quantitative estimate of drug-likeness (QED) is 0.0798. The molecular formula is C44H102N2O4S. The Morgan fingerprint density at radius 3 is 0.686 bits per heavy atom. The number of nitrogens with zero attached hydrogens (tertiary/aromatic N) is 2. The van der Waals surface area contributed by atoms with Crippen LogP contribution < -0.4 is 0 Å². The van der Waals surface area contributed by atoms with E-state index in [1.165, 1.54) is 154 Å². The van der Waals surface area contributed by atoms with Crippen LogP contribution in [-0.4, -0.2) is 79.5 Å². The molecule has 0 aromatic carbocycles. The van der Waals surface area contributed by atoms with E-state index in [9.17, 15) is 8.42 Å². The van der Waals surface area contributed by atoms with Crippen molar-refractivity contribution in [3.8, 4) is 0 Å². The van der Waals surface area contributed by atoms with Crippen LogP contribution in [0.5, 0.6) is 0 Å². The molecule has 6 nitrogen and oxygen atoms in total. The van der Waals surface area contributed by atoms with E-state index in [1.807, 2.05) is 4.90 Å². The zero-order valence-electron chi connectivity index (χ0n) is 37.6. The van der Waals surface area contributed by atoms with Gasteiger partial charge in [0.2, 0.25) is 0 Å². The molecule has 51 heavy (non-hydrogen) atoms. The molecule has 1 aliphatic rings. The molecule has 1 rings (SSSR count). The van der Waals surface area contributed by atoms with Gasteiger partial charge in [0, 0.05) is 39.3 Å².